The minimum atomic E-state index is -3.67. The maximum Gasteiger partial charge on any atom is 0.261 e. The van der Waals surface area contributed by atoms with E-state index in [9.17, 15) is 8.42 Å². The molecule has 0 aromatic carbocycles. The summed E-state index contributed by atoms with van der Waals surface area (Å²) in [4.78, 5) is 0. The molecule has 0 saturated heterocycles. The van der Waals surface area contributed by atoms with E-state index in [2.05, 4.69) is 27.7 Å². The fourth-order valence-corrected chi connectivity index (χ4v) is 4.50. The summed E-state index contributed by atoms with van der Waals surface area (Å²) in [5, 5.41) is 0. The Kier molecular flexibility index (Phi) is 9.11. The van der Waals surface area contributed by atoms with Gasteiger partial charge in [-0.2, -0.15) is 8.42 Å². The second-order valence-electron chi connectivity index (χ2n) is 3.65. The third-order valence-electron chi connectivity index (χ3n) is 3.00. The van der Waals surface area contributed by atoms with Crippen LogP contribution in [0.3, 0.4) is 0 Å². The Bertz CT molecular complexity index is 195. The van der Waals surface area contributed by atoms with E-state index in [4.69, 9.17) is 4.55 Å². The van der Waals surface area contributed by atoms with Gasteiger partial charge in [0, 0.05) is 0 Å². The molecule has 0 unspecified atom stereocenters. The molecule has 90 valence electrons. The van der Waals surface area contributed by atoms with Crippen molar-refractivity contribution in [1.82, 2.24) is 0 Å². The molecule has 0 bridgehead atoms. The fourth-order valence-electron chi connectivity index (χ4n) is 1.50. The van der Waals surface area contributed by atoms with Crippen LogP contribution in [-0.4, -0.2) is 43.9 Å². The average molecular weight is 244 g/mol. The summed E-state index contributed by atoms with van der Waals surface area (Å²) in [7, 11) is -4.36. The molecule has 0 aromatic heterocycles. The standard InChI is InChI=1S/C8H21P.CH4O3S/c1-5-9(6-2,7-3)8-4;1-5(2,3)4/h9H,5-8H2,1-4H3;1H3,(H,2,3,4). The summed E-state index contributed by atoms with van der Waals surface area (Å²) in [6, 6.07) is 0. The summed E-state index contributed by atoms with van der Waals surface area (Å²) in [5.41, 5.74) is 0. The monoisotopic (exact) mass is 244 g/mol. The topological polar surface area (TPSA) is 54.4 Å². The first kappa shape index (κ1) is 16.8. The Hall–Kier alpha value is 0.340. The molecule has 1 N–H and O–H groups in total. The smallest absolute Gasteiger partial charge is 0.261 e. The molecule has 0 atom stereocenters. The van der Waals surface area contributed by atoms with Gasteiger partial charge in [0.1, 0.15) is 0 Å². The van der Waals surface area contributed by atoms with E-state index in [-0.39, 0.29) is 0 Å². The average Bonchev–Trinajstić information content (AvgIpc) is 2.07. The van der Waals surface area contributed by atoms with Crippen LogP contribution >= 0.6 is 7.26 Å². The maximum atomic E-state index is 9.19. The summed E-state index contributed by atoms with van der Waals surface area (Å²) < 4.78 is 25.9. The van der Waals surface area contributed by atoms with E-state index in [0.717, 1.165) is 0 Å². The van der Waals surface area contributed by atoms with E-state index in [1.165, 1.54) is 24.6 Å². The molecule has 5 heteroatoms. The largest absolute Gasteiger partial charge is 0.286 e. The van der Waals surface area contributed by atoms with Crippen LogP contribution in [0.25, 0.3) is 0 Å². The first-order valence-corrected chi connectivity index (χ1v) is 9.84. The summed E-state index contributed by atoms with van der Waals surface area (Å²) in [6.07, 6.45) is 6.65. The molecule has 0 fully saturated rings. The SMILES string of the molecule is CC[PH](CC)(CC)CC.CS(=O)(=O)O. The molecule has 0 saturated carbocycles. The number of hydrogen-bond acceptors (Lipinski definition) is 2. The van der Waals surface area contributed by atoms with Crippen LogP contribution in [-0.2, 0) is 10.1 Å². The maximum absolute atomic E-state index is 9.19. The first-order valence-electron chi connectivity index (χ1n) is 5.17. The zero-order valence-corrected chi connectivity index (χ0v) is 11.8. The van der Waals surface area contributed by atoms with E-state index in [0.29, 0.717) is 6.26 Å². The molecule has 0 rings (SSSR count). The minimum Gasteiger partial charge on any atom is -0.286 e. The zero-order chi connectivity index (χ0) is 11.8. The molecule has 14 heavy (non-hydrogen) atoms. The van der Waals surface area contributed by atoms with Crippen molar-refractivity contribution in [2.75, 3.05) is 30.9 Å². The summed E-state index contributed by atoms with van der Waals surface area (Å²) >= 11 is 0. The van der Waals surface area contributed by atoms with Gasteiger partial charge >= 0.3 is 59.6 Å². The van der Waals surface area contributed by atoms with Crippen molar-refractivity contribution >= 4 is 17.4 Å². The molecular weight excluding hydrogens is 219 g/mol. The van der Waals surface area contributed by atoms with Crippen molar-refractivity contribution in [3.05, 3.63) is 0 Å². The molecule has 0 spiro atoms. The molecule has 0 aliphatic carbocycles. The quantitative estimate of drug-likeness (QED) is 0.610. The van der Waals surface area contributed by atoms with Crippen molar-refractivity contribution in [3.8, 4) is 0 Å². The van der Waals surface area contributed by atoms with Crippen molar-refractivity contribution in [1.29, 1.82) is 0 Å². The van der Waals surface area contributed by atoms with Gasteiger partial charge in [0.05, 0.1) is 6.26 Å². The third-order valence-corrected chi connectivity index (χ3v) is 9.00. The van der Waals surface area contributed by atoms with Gasteiger partial charge in [0.25, 0.3) is 10.1 Å². The molecule has 0 heterocycles. The van der Waals surface area contributed by atoms with Gasteiger partial charge in [0.2, 0.25) is 0 Å². The molecule has 0 amide bonds. The normalized spacial score (nSPS) is 13.0. The van der Waals surface area contributed by atoms with Crippen LogP contribution in [0, 0.1) is 0 Å². The molecule has 0 aromatic rings. The Morgan fingerprint density at radius 3 is 1.07 bits per heavy atom. The van der Waals surface area contributed by atoms with Gasteiger partial charge < -0.3 is 0 Å². The predicted octanol–water partition coefficient (Wildman–Crippen LogP) is 2.32. The van der Waals surface area contributed by atoms with Crippen LogP contribution < -0.4 is 0 Å². The molecular formula is C9H25O3PS. The Labute approximate surface area is 89.4 Å². The van der Waals surface area contributed by atoms with E-state index in [1.54, 1.807) is 0 Å². The van der Waals surface area contributed by atoms with Crippen LogP contribution in [0.15, 0.2) is 0 Å². The van der Waals surface area contributed by atoms with Crippen molar-refractivity contribution in [2.24, 2.45) is 0 Å². The van der Waals surface area contributed by atoms with Crippen molar-refractivity contribution in [2.45, 2.75) is 27.7 Å². The van der Waals surface area contributed by atoms with Crippen LogP contribution in [0.5, 0.6) is 0 Å². The van der Waals surface area contributed by atoms with E-state index < -0.39 is 17.4 Å². The van der Waals surface area contributed by atoms with E-state index in [1.807, 2.05) is 0 Å². The fraction of sp³-hybridized carbons (Fsp3) is 1.00. The van der Waals surface area contributed by atoms with Gasteiger partial charge in [-0.3, -0.25) is 4.55 Å². The number of rotatable bonds is 4. The Morgan fingerprint density at radius 2 is 1.07 bits per heavy atom. The minimum absolute atomic E-state index is 0.691. The van der Waals surface area contributed by atoms with E-state index >= 15 is 0 Å². The Balaban J connectivity index is 0. The Morgan fingerprint density at radius 1 is 0.929 bits per heavy atom. The van der Waals surface area contributed by atoms with Crippen molar-refractivity contribution in [3.63, 3.8) is 0 Å². The zero-order valence-electron chi connectivity index (χ0n) is 10.0. The third kappa shape index (κ3) is 10.4. The molecule has 0 radical (unpaired) electrons. The molecule has 0 aliphatic heterocycles. The van der Waals surface area contributed by atoms with Crippen LogP contribution in [0.2, 0.25) is 0 Å². The molecule has 0 aliphatic rings. The predicted molar refractivity (Wildman–Crippen MR) is 68.0 cm³/mol. The summed E-state index contributed by atoms with van der Waals surface area (Å²) in [5.74, 6) is 0. The van der Waals surface area contributed by atoms with Gasteiger partial charge in [-0.15, -0.1) is 0 Å². The summed E-state index contributed by atoms with van der Waals surface area (Å²) in [6.45, 7) is 9.46. The first-order chi connectivity index (χ1) is 6.24. The van der Waals surface area contributed by atoms with Crippen LogP contribution in [0.4, 0.5) is 0 Å². The second kappa shape index (κ2) is 7.61. The molecule has 3 nitrogen and oxygen atoms in total. The number of hydrogen-bond donors (Lipinski definition) is 1. The van der Waals surface area contributed by atoms with Gasteiger partial charge in [0.15, 0.2) is 0 Å². The van der Waals surface area contributed by atoms with Gasteiger partial charge in [-0.1, -0.05) is 0 Å². The van der Waals surface area contributed by atoms with Gasteiger partial charge in [-0.05, 0) is 0 Å². The van der Waals surface area contributed by atoms with Crippen molar-refractivity contribution < 1.29 is 13.0 Å². The van der Waals surface area contributed by atoms with Gasteiger partial charge in [-0.25, -0.2) is 0 Å². The van der Waals surface area contributed by atoms with Crippen LogP contribution in [0.1, 0.15) is 27.7 Å². The second-order valence-corrected chi connectivity index (χ2v) is 10.9.